The normalized spacial score (nSPS) is 17.0. The van der Waals surface area contributed by atoms with Gasteiger partial charge in [0.25, 0.3) is 11.7 Å². The number of hydrogen-bond acceptors (Lipinski definition) is 6. The second kappa shape index (κ2) is 10.9. The van der Waals surface area contributed by atoms with Crippen molar-refractivity contribution in [3.8, 4) is 11.5 Å². The number of Topliss-reactive ketones (excluding diaryl/α,β-unsaturated/α-hetero) is 1. The van der Waals surface area contributed by atoms with Gasteiger partial charge in [-0.15, -0.1) is 0 Å². The molecule has 0 bridgehead atoms. The second-order valence-corrected chi connectivity index (χ2v) is 9.41. The molecular formula is C29H30FNO6. The van der Waals surface area contributed by atoms with Gasteiger partial charge in [0, 0.05) is 5.56 Å². The molecule has 1 saturated heterocycles. The summed E-state index contributed by atoms with van der Waals surface area (Å²) in [6.07, 6.45) is 2.34. The minimum atomic E-state index is -0.965. The van der Waals surface area contributed by atoms with Crippen molar-refractivity contribution in [2.24, 2.45) is 5.92 Å². The van der Waals surface area contributed by atoms with Gasteiger partial charge in [-0.2, -0.15) is 0 Å². The van der Waals surface area contributed by atoms with Crippen molar-refractivity contribution < 1.29 is 33.0 Å². The van der Waals surface area contributed by atoms with E-state index in [1.807, 2.05) is 0 Å². The molecule has 1 aliphatic heterocycles. The Kier molecular flexibility index (Phi) is 7.66. The second-order valence-electron chi connectivity index (χ2n) is 9.41. The summed E-state index contributed by atoms with van der Waals surface area (Å²) in [5.74, 6) is -0.776. The molecule has 194 valence electrons. The average molecular weight is 508 g/mol. The monoisotopic (exact) mass is 507 g/mol. The highest BCUT2D eigenvalue weighted by Crippen LogP contribution is 2.43. The van der Waals surface area contributed by atoms with Crippen molar-refractivity contribution in [1.29, 1.82) is 0 Å². The number of methoxy groups -OCH3 is 1. The number of aryl methyl sites for hydroxylation is 1. The molecule has 2 aromatic carbocycles. The largest absolute Gasteiger partial charge is 0.507 e. The number of hydrogen-bond donors (Lipinski definition) is 1. The number of ketones is 1. The van der Waals surface area contributed by atoms with Crippen LogP contribution in [0.1, 0.15) is 48.8 Å². The van der Waals surface area contributed by atoms with E-state index in [0.717, 1.165) is 12.5 Å². The van der Waals surface area contributed by atoms with Crippen LogP contribution in [0.25, 0.3) is 5.76 Å². The first-order valence-electron chi connectivity index (χ1n) is 12.1. The minimum absolute atomic E-state index is 0.00374. The van der Waals surface area contributed by atoms with Crippen molar-refractivity contribution in [3.05, 3.63) is 88.6 Å². The van der Waals surface area contributed by atoms with Crippen LogP contribution in [0, 0.1) is 18.7 Å². The number of nitrogens with zero attached hydrogens (tertiary/aromatic N) is 1. The van der Waals surface area contributed by atoms with Crippen LogP contribution in [0.4, 0.5) is 4.39 Å². The molecule has 0 aliphatic carbocycles. The Morgan fingerprint density at radius 3 is 2.57 bits per heavy atom. The van der Waals surface area contributed by atoms with E-state index in [1.165, 1.54) is 30.4 Å². The molecule has 1 unspecified atom stereocenters. The molecule has 0 radical (unpaired) electrons. The van der Waals surface area contributed by atoms with Gasteiger partial charge in [-0.05, 0) is 60.7 Å². The predicted octanol–water partition coefficient (Wildman–Crippen LogP) is 5.78. The van der Waals surface area contributed by atoms with Crippen molar-refractivity contribution >= 4 is 17.4 Å². The Hall–Kier alpha value is -4.07. The number of furan rings is 1. The zero-order chi connectivity index (χ0) is 26.7. The third kappa shape index (κ3) is 5.38. The van der Waals surface area contributed by atoms with Gasteiger partial charge in [0.1, 0.15) is 17.3 Å². The fraction of sp³-hybridized carbons (Fsp3) is 0.310. The van der Waals surface area contributed by atoms with Gasteiger partial charge in [-0.25, -0.2) is 4.39 Å². The Bertz CT molecular complexity index is 1330. The van der Waals surface area contributed by atoms with E-state index in [0.29, 0.717) is 40.9 Å². The van der Waals surface area contributed by atoms with E-state index < -0.39 is 29.3 Å². The van der Waals surface area contributed by atoms with Crippen LogP contribution in [0.5, 0.6) is 11.5 Å². The quantitative estimate of drug-likeness (QED) is 0.224. The number of ether oxygens (including phenoxy) is 2. The molecule has 1 N–H and O–H groups in total. The first-order chi connectivity index (χ1) is 17.7. The van der Waals surface area contributed by atoms with Crippen LogP contribution >= 0.6 is 0 Å². The third-order valence-electron chi connectivity index (χ3n) is 6.35. The summed E-state index contributed by atoms with van der Waals surface area (Å²) in [6, 6.07) is 11.7. The molecule has 1 aliphatic rings. The van der Waals surface area contributed by atoms with Gasteiger partial charge in [0.05, 0.1) is 38.1 Å². The molecular weight excluding hydrogens is 477 g/mol. The van der Waals surface area contributed by atoms with Crippen molar-refractivity contribution in [2.75, 3.05) is 13.7 Å². The summed E-state index contributed by atoms with van der Waals surface area (Å²) in [6.45, 7) is 6.30. The molecule has 0 saturated carbocycles. The lowest BCUT2D eigenvalue weighted by Gasteiger charge is -2.25. The highest BCUT2D eigenvalue weighted by molar-refractivity contribution is 6.46. The topological polar surface area (TPSA) is 89.2 Å². The molecule has 0 spiro atoms. The number of benzene rings is 2. The van der Waals surface area contributed by atoms with Crippen LogP contribution in [-0.4, -0.2) is 35.4 Å². The summed E-state index contributed by atoms with van der Waals surface area (Å²) >= 11 is 0. The van der Waals surface area contributed by atoms with E-state index in [2.05, 4.69) is 13.8 Å². The summed E-state index contributed by atoms with van der Waals surface area (Å²) in [4.78, 5) is 27.7. The molecule has 1 atom stereocenters. The lowest BCUT2D eigenvalue weighted by Crippen LogP contribution is -2.29. The van der Waals surface area contributed by atoms with Crippen molar-refractivity contribution in [2.45, 2.75) is 39.8 Å². The number of aliphatic hydroxyl groups excluding tert-OH is 1. The predicted molar refractivity (Wildman–Crippen MR) is 136 cm³/mol. The highest BCUT2D eigenvalue weighted by atomic mass is 19.1. The molecule has 7 nitrogen and oxygen atoms in total. The van der Waals surface area contributed by atoms with Crippen LogP contribution in [0.15, 0.2) is 64.8 Å². The Balaban J connectivity index is 1.81. The van der Waals surface area contributed by atoms with Crippen LogP contribution in [0.3, 0.4) is 0 Å². The maximum atomic E-state index is 14.3. The van der Waals surface area contributed by atoms with Gasteiger partial charge < -0.3 is 23.9 Å². The number of likely N-dealkylation sites (tertiary alicyclic amines) is 1. The zero-order valence-electron chi connectivity index (χ0n) is 21.3. The third-order valence-corrected chi connectivity index (χ3v) is 6.35. The van der Waals surface area contributed by atoms with Gasteiger partial charge in [0.2, 0.25) is 0 Å². The van der Waals surface area contributed by atoms with Crippen molar-refractivity contribution in [1.82, 2.24) is 4.90 Å². The smallest absolute Gasteiger partial charge is 0.296 e. The maximum absolute atomic E-state index is 14.3. The van der Waals surface area contributed by atoms with Crippen LogP contribution in [0.2, 0.25) is 0 Å². The van der Waals surface area contributed by atoms with Gasteiger partial charge in [-0.3, -0.25) is 9.59 Å². The Morgan fingerprint density at radius 2 is 1.92 bits per heavy atom. The number of rotatable bonds is 9. The summed E-state index contributed by atoms with van der Waals surface area (Å²) in [5.41, 5.74) is 0.872. The first-order valence-corrected chi connectivity index (χ1v) is 12.1. The van der Waals surface area contributed by atoms with Gasteiger partial charge >= 0.3 is 0 Å². The first kappa shape index (κ1) is 26.0. The molecule has 2 heterocycles. The van der Waals surface area contributed by atoms with Crippen LogP contribution < -0.4 is 9.47 Å². The van der Waals surface area contributed by atoms with Crippen molar-refractivity contribution in [3.63, 3.8) is 0 Å². The number of aliphatic hydroxyl groups is 1. The zero-order valence-corrected chi connectivity index (χ0v) is 21.3. The molecule has 1 aromatic heterocycles. The number of carbonyl (C=O) groups is 2. The fourth-order valence-electron chi connectivity index (χ4n) is 4.23. The number of halogens is 1. The van der Waals surface area contributed by atoms with E-state index in [-0.39, 0.29) is 17.7 Å². The summed E-state index contributed by atoms with van der Waals surface area (Å²) in [7, 11) is 1.50. The highest BCUT2D eigenvalue weighted by Gasteiger charge is 2.46. The van der Waals surface area contributed by atoms with Gasteiger partial charge in [-0.1, -0.05) is 32.0 Å². The van der Waals surface area contributed by atoms with E-state index >= 15 is 0 Å². The lowest BCUT2D eigenvalue weighted by molar-refractivity contribution is -0.140. The molecule has 8 heteroatoms. The lowest BCUT2D eigenvalue weighted by atomic mass is 9.94. The fourth-order valence-corrected chi connectivity index (χ4v) is 4.23. The minimum Gasteiger partial charge on any atom is -0.507 e. The Labute approximate surface area is 215 Å². The van der Waals surface area contributed by atoms with E-state index in [9.17, 15) is 19.1 Å². The van der Waals surface area contributed by atoms with E-state index in [1.54, 1.807) is 37.3 Å². The van der Waals surface area contributed by atoms with Gasteiger partial charge in [0.15, 0.2) is 11.5 Å². The average Bonchev–Trinajstić information content (AvgIpc) is 3.47. The Morgan fingerprint density at radius 1 is 1.14 bits per heavy atom. The molecule has 3 aromatic rings. The maximum Gasteiger partial charge on any atom is 0.296 e. The van der Waals surface area contributed by atoms with E-state index in [4.69, 9.17) is 13.9 Å². The number of carbonyl (C=O) groups excluding carboxylic acids is 2. The summed E-state index contributed by atoms with van der Waals surface area (Å²) in [5, 5.41) is 11.2. The number of amides is 1. The van der Waals surface area contributed by atoms with Crippen LogP contribution in [-0.2, 0) is 16.1 Å². The molecule has 1 fully saturated rings. The SMILES string of the molecule is COc1cc(C2/C(=C(/O)c3ccc(C)c(F)c3)C(=O)C(=O)N2Cc2ccco2)ccc1OCCC(C)C. The summed E-state index contributed by atoms with van der Waals surface area (Å²) < 4.78 is 31.2. The molecule has 1 amide bonds. The molecule has 4 rings (SSSR count). The molecule has 37 heavy (non-hydrogen) atoms. The standard InChI is InChI=1S/C29H30FNO6/c1-17(2)11-13-37-23-10-9-19(15-24(23)35-4)26-25(27(32)20-8-7-18(3)22(30)14-20)28(33)29(34)31(26)16-21-6-5-12-36-21/h5-10,12,14-15,17,26,32H,11,13,16H2,1-4H3/b27-25-.